The normalized spacial score (nSPS) is 12.2. The van der Waals surface area contributed by atoms with Crippen molar-refractivity contribution >= 4 is 106 Å². The number of carboxylic acid groups (broad SMARTS) is 1. The van der Waals surface area contributed by atoms with Crippen LogP contribution in [-0.4, -0.2) is 214 Å². The lowest BCUT2D eigenvalue weighted by atomic mass is 10.1. The van der Waals surface area contributed by atoms with Crippen molar-refractivity contribution in [3.63, 3.8) is 0 Å². The van der Waals surface area contributed by atoms with Crippen molar-refractivity contribution in [2.45, 2.75) is 72.1 Å². The number of carbonyl (C=O) groups is 7. The van der Waals surface area contributed by atoms with Gasteiger partial charge < -0.3 is 92.2 Å². The molecule has 0 aliphatic carbocycles. The van der Waals surface area contributed by atoms with E-state index in [1.54, 1.807) is 105 Å². The Hall–Kier alpha value is -11.7. The minimum atomic E-state index is -1.04. The number of rotatable bonds is 24. The maximum absolute atomic E-state index is 11.1. The predicted molar refractivity (Wildman–Crippen MR) is 509 cm³/mol. The summed E-state index contributed by atoms with van der Waals surface area (Å²) >= 11 is 6.66. The molecule has 0 bridgehead atoms. The molecule has 0 radical (unpaired) electrons. The van der Waals surface area contributed by atoms with Gasteiger partial charge in [-0.15, -0.1) is 24.8 Å². The minimum absolute atomic E-state index is 0. The number of nitrogens with zero attached hydrogens (tertiary/aromatic N) is 3. The summed E-state index contributed by atoms with van der Waals surface area (Å²) in [6.45, 7) is 20.7. The third-order valence-corrected chi connectivity index (χ3v) is 19.0. The molecule has 3 aliphatic heterocycles. The summed E-state index contributed by atoms with van der Waals surface area (Å²) in [5, 5.41) is 37.0. The SMILES string of the molecule is Brc1cccc(C2OCCCO2)c1.CC(C)N1CCN(c2cccc(C=O)c2)CC1.CC(C)N1CCNCC1.COC(=O)Oc1ccc(OC)c(C=O)c1.COC(=O)Oc1ccc(OC)cc1.COc1ccc(O)cc1.COc1ccc(OCc2ccccc2)cc1C(=O)O.COc1ccc(OCc2ccccc2)cc1C=O.Cl.Cl.O=Cc1cccc(Br)c1.OCCCO. The number of halogens is 4. The van der Waals surface area contributed by atoms with Crippen molar-refractivity contribution in [3.8, 4) is 57.5 Å². The molecule has 3 heterocycles. The standard InChI is InChI=1S/C15H14O4.C15H14O3.C14H20N2O.C10H11BrO2.C10H10O5.C9H10O4.C7H5BrO.C7H16N2.C7H8O2.C3H8O2.2ClH/c1-18-14-8-7-12(9-13(14)15(16)17)19-10-11-5-3-2-4-6-11;1-17-15-8-7-14(9-13(15)10-16)18-11-12-5-3-2-4-6-12;1-12(2)15-6-8-16(9-7-15)14-5-3-4-13(10-14)11-17;11-9-4-1-3-8(7-9)10-12-5-2-6-13-10;1-13-9-4-3-8(5-7(9)6-11)15-10(12)14-2;1-11-7-3-5-8(6-4-7)13-9(10)12-2;8-7-3-1-2-6(4-7)5-9;1-7(2)9-5-3-8-4-6-9;1-9-7-4-2-6(8)3-5-7;4-2-1-3-5;;/h2-9H,10H2,1H3,(H,16,17);2-10H,11H2,1H3;3-5,10-12H,6-9H2,1-2H3;1,3-4,7,10H,2,5-6H2;3-6H,1-2H3;3-6H,1-2H3;1-5H;7-8H,3-6H2,1-2H3;2-5,8H,1H3;4-5H,1-3H2;2*1H. The van der Waals surface area contributed by atoms with Gasteiger partial charge in [-0.2, -0.15) is 0 Å². The van der Waals surface area contributed by atoms with E-state index in [2.05, 4.69) is 95.1 Å². The lowest BCUT2D eigenvalue weighted by Gasteiger charge is -2.38. The monoisotopic (exact) mass is 1950 g/mol. The highest BCUT2D eigenvalue weighted by Gasteiger charge is 2.21. The number of hydrogen-bond donors (Lipinski definition) is 5. The number of methoxy groups -OCH3 is 7. The van der Waals surface area contributed by atoms with Gasteiger partial charge in [-0.05, 0) is 191 Å². The molecule has 129 heavy (non-hydrogen) atoms. The summed E-state index contributed by atoms with van der Waals surface area (Å²) in [6, 6.07) is 71.6. The van der Waals surface area contributed by atoms with Crippen molar-refractivity contribution in [3.05, 3.63) is 290 Å². The molecule has 10 aromatic carbocycles. The number of aliphatic hydroxyl groups is 2. The molecule has 0 aromatic heterocycles. The smallest absolute Gasteiger partial charge is 0.508 e. The Balaban J connectivity index is 0.000000492. The molecule has 10 aromatic rings. The quantitative estimate of drug-likeness (QED) is 0.0213. The van der Waals surface area contributed by atoms with Gasteiger partial charge in [0.1, 0.15) is 88.8 Å². The highest BCUT2D eigenvalue weighted by atomic mass is 79.9. The molecule has 3 aliphatic rings. The van der Waals surface area contributed by atoms with E-state index in [1.807, 2.05) is 115 Å². The van der Waals surface area contributed by atoms with Gasteiger partial charge in [-0.3, -0.25) is 29.0 Å². The van der Waals surface area contributed by atoms with Gasteiger partial charge in [0.05, 0.1) is 74.1 Å². The van der Waals surface area contributed by atoms with Crippen LogP contribution in [0.3, 0.4) is 0 Å². The van der Waals surface area contributed by atoms with Gasteiger partial charge in [0.25, 0.3) is 0 Å². The Morgan fingerprint density at radius 3 is 1.29 bits per heavy atom. The molecule has 0 saturated carbocycles. The number of phenolic OH excluding ortho intramolecular Hbond substituents is 1. The second-order valence-electron chi connectivity index (χ2n) is 27.4. The molecule has 0 amide bonds. The third-order valence-electron chi connectivity index (χ3n) is 18.0. The van der Waals surface area contributed by atoms with Crippen LogP contribution in [0.2, 0.25) is 0 Å². The molecule has 0 atom stereocenters. The van der Waals surface area contributed by atoms with E-state index in [0.29, 0.717) is 88.9 Å². The van der Waals surface area contributed by atoms with E-state index in [-0.39, 0.29) is 61.4 Å². The summed E-state index contributed by atoms with van der Waals surface area (Å²) in [6.07, 6.45) is 2.86. The zero-order valence-electron chi connectivity index (χ0n) is 74.2. The third kappa shape index (κ3) is 46.3. The number of benzene rings is 10. The van der Waals surface area contributed by atoms with Crippen LogP contribution < -0.4 is 52.8 Å². The number of nitrogens with one attached hydrogen (secondary N) is 1. The van der Waals surface area contributed by atoms with Crippen molar-refractivity contribution in [1.29, 1.82) is 0 Å². The van der Waals surface area contributed by atoms with E-state index >= 15 is 0 Å². The first-order valence-electron chi connectivity index (χ1n) is 40.3. The number of aliphatic hydroxyl groups excluding tert-OH is 2. The Bertz CT molecular complexity index is 4780. The summed E-state index contributed by atoms with van der Waals surface area (Å²) in [4.78, 5) is 82.3. The topological polar surface area (TPSA) is 342 Å². The first-order valence-corrected chi connectivity index (χ1v) is 41.9. The summed E-state index contributed by atoms with van der Waals surface area (Å²) < 4.78 is 67.0. The Morgan fingerprint density at radius 2 is 0.868 bits per heavy atom. The fourth-order valence-electron chi connectivity index (χ4n) is 11.2. The largest absolute Gasteiger partial charge is 0.513 e. The molecule has 698 valence electrons. The van der Waals surface area contributed by atoms with Crippen LogP contribution in [0.5, 0.6) is 57.5 Å². The number of anilines is 1. The molecule has 0 unspecified atom stereocenters. The van der Waals surface area contributed by atoms with Crippen LogP contribution in [0, 0.1) is 0 Å². The maximum Gasteiger partial charge on any atom is 0.513 e. The first-order chi connectivity index (χ1) is 61.4. The molecule has 5 N–H and O–H groups in total. The summed E-state index contributed by atoms with van der Waals surface area (Å²) in [5.74, 6) is 3.78. The van der Waals surface area contributed by atoms with Gasteiger partial charge in [-0.1, -0.05) is 129 Å². The highest BCUT2D eigenvalue weighted by Crippen LogP contribution is 2.29. The number of ether oxygens (including phenoxy) is 13. The highest BCUT2D eigenvalue weighted by molar-refractivity contribution is 9.10. The number of aromatic hydroxyl groups is 1. The zero-order valence-corrected chi connectivity index (χ0v) is 79.0. The molecule has 0 spiro atoms. The van der Waals surface area contributed by atoms with Gasteiger partial charge in [0, 0.05) is 109 Å². The number of hydrogen-bond acceptors (Lipinski definition) is 27. The van der Waals surface area contributed by atoms with Crippen molar-refractivity contribution in [2.24, 2.45) is 0 Å². The van der Waals surface area contributed by atoms with Gasteiger partial charge in [0.15, 0.2) is 18.9 Å². The average molecular weight is 1950 g/mol. The fraction of sp³-hybridized carbons (Fsp3) is 0.309. The van der Waals surface area contributed by atoms with Crippen LogP contribution in [0.15, 0.2) is 246 Å². The number of carboxylic acids is 1. The van der Waals surface area contributed by atoms with E-state index < -0.39 is 18.3 Å². The van der Waals surface area contributed by atoms with E-state index in [0.717, 1.165) is 126 Å². The number of phenols is 1. The number of piperazine rings is 2. The Morgan fingerprint density at radius 1 is 0.450 bits per heavy atom. The molecular weight excluding hydrogens is 1840 g/mol. The van der Waals surface area contributed by atoms with E-state index in [4.69, 9.17) is 72.5 Å². The maximum atomic E-state index is 11.1. The lowest BCUT2D eigenvalue weighted by molar-refractivity contribution is -0.183. The first kappa shape index (κ1) is 113. The Labute approximate surface area is 784 Å². The van der Waals surface area contributed by atoms with Crippen LogP contribution in [0.25, 0.3) is 0 Å². The average Bonchev–Trinajstić information content (AvgIpc) is 0.898. The van der Waals surface area contributed by atoms with Crippen molar-refractivity contribution < 1.29 is 116 Å². The summed E-state index contributed by atoms with van der Waals surface area (Å²) in [7, 11) is 10.0. The van der Waals surface area contributed by atoms with Crippen molar-refractivity contribution in [1.82, 2.24) is 15.1 Å². The van der Waals surface area contributed by atoms with Crippen molar-refractivity contribution in [2.75, 3.05) is 133 Å². The molecule has 3 saturated heterocycles. The van der Waals surface area contributed by atoms with E-state index in [9.17, 15) is 33.6 Å². The Kier molecular flexibility index (Phi) is 59.4. The molecule has 3 fully saturated rings. The lowest BCUT2D eigenvalue weighted by Crippen LogP contribution is -2.48. The molecule has 13 rings (SSSR count). The molecule has 28 nitrogen and oxygen atoms in total. The zero-order chi connectivity index (χ0) is 92.9. The number of aromatic carboxylic acids is 1. The predicted octanol–water partition coefficient (Wildman–Crippen LogP) is 18.6. The van der Waals surface area contributed by atoms with Crippen LogP contribution in [0.4, 0.5) is 15.3 Å². The van der Waals surface area contributed by atoms with Crippen LogP contribution in [0.1, 0.15) is 115 Å². The fourth-order valence-corrected chi connectivity index (χ4v) is 12.0. The van der Waals surface area contributed by atoms with Gasteiger partial charge in [-0.25, -0.2) is 14.4 Å². The molecule has 32 heteroatoms. The van der Waals surface area contributed by atoms with Crippen LogP contribution >= 0.6 is 56.7 Å². The number of carbonyl (C=O) groups excluding carboxylic acids is 6. The second kappa shape index (κ2) is 67.6. The number of aldehydes is 4. The minimum Gasteiger partial charge on any atom is -0.508 e. The van der Waals surface area contributed by atoms with Gasteiger partial charge >= 0.3 is 18.3 Å². The van der Waals surface area contributed by atoms with Crippen LogP contribution in [-0.2, 0) is 32.2 Å². The summed E-state index contributed by atoms with van der Waals surface area (Å²) in [5.41, 5.74) is 6.69. The van der Waals surface area contributed by atoms with E-state index in [1.165, 1.54) is 72.9 Å². The molecular formula is C97H118Br2Cl2N4O24. The van der Waals surface area contributed by atoms with Gasteiger partial charge in [0.2, 0.25) is 0 Å². The second-order valence-corrected chi connectivity index (χ2v) is 29.2.